The molecule has 4 aromatic rings. The van der Waals surface area contributed by atoms with Crippen molar-refractivity contribution in [3.05, 3.63) is 72.3 Å². The minimum atomic E-state index is -0.184. The van der Waals surface area contributed by atoms with Gasteiger partial charge < -0.3 is 15.5 Å². The van der Waals surface area contributed by atoms with Gasteiger partial charge in [-0.3, -0.25) is 4.79 Å². The molecular weight excluding hydrogens is 337 g/mol. The van der Waals surface area contributed by atoms with Gasteiger partial charge in [-0.05, 0) is 60.7 Å². The van der Waals surface area contributed by atoms with E-state index in [1.165, 1.54) is 5.46 Å². The molecule has 0 radical (unpaired) electrons. The number of benzene rings is 3. The number of carbonyl (C=O) groups is 1. The van der Waals surface area contributed by atoms with Crippen molar-refractivity contribution >= 4 is 41.1 Å². The third-order valence-electron chi connectivity index (χ3n) is 4.42. The number of anilines is 2. The molecule has 1 amide bonds. The zero-order valence-corrected chi connectivity index (χ0v) is 14.9. The van der Waals surface area contributed by atoms with Crippen molar-refractivity contribution in [2.45, 2.75) is 6.82 Å². The van der Waals surface area contributed by atoms with Crippen molar-refractivity contribution in [2.75, 3.05) is 11.1 Å². The van der Waals surface area contributed by atoms with E-state index in [4.69, 9.17) is 10.2 Å². The fourth-order valence-corrected chi connectivity index (χ4v) is 2.85. The van der Waals surface area contributed by atoms with Crippen LogP contribution in [0.1, 0.15) is 10.4 Å². The lowest BCUT2D eigenvalue weighted by molar-refractivity contribution is 0.102. The lowest BCUT2D eigenvalue weighted by atomic mass is 9.73. The summed E-state index contributed by atoms with van der Waals surface area (Å²) >= 11 is 0. The molecule has 0 unspecified atom stereocenters. The number of hydrogen-bond acceptors (Lipinski definition) is 4. The van der Waals surface area contributed by atoms with Crippen molar-refractivity contribution in [2.24, 2.45) is 0 Å². The molecule has 0 bridgehead atoms. The first-order valence-electron chi connectivity index (χ1n) is 8.79. The lowest BCUT2D eigenvalue weighted by Gasteiger charge is -2.06. The molecule has 1 heterocycles. The molecule has 0 aliphatic rings. The van der Waals surface area contributed by atoms with Gasteiger partial charge in [0.1, 0.15) is 5.52 Å². The van der Waals surface area contributed by atoms with Gasteiger partial charge in [-0.2, -0.15) is 0 Å². The first-order valence-corrected chi connectivity index (χ1v) is 8.79. The van der Waals surface area contributed by atoms with E-state index in [9.17, 15) is 4.79 Å². The average molecular weight is 355 g/mol. The Morgan fingerprint density at radius 2 is 1.78 bits per heavy atom. The molecule has 0 aliphatic carbocycles. The topological polar surface area (TPSA) is 81.2 Å². The van der Waals surface area contributed by atoms with Crippen LogP contribution in [0.3, 0.4) is 0 Å². The molecule has 0 fully saturated rings. The summed E-state index contributed by atoms with van der Waals surface area (Å²) in [4.78, 5) is 16.8. The first-order chi connectivity index (χ1) is 13.1. The number of rotatable bonds is 4. The second-order valence-corrected chi connectivity index (χ2v) is 6.33. The Kier molecular flexibility index (Phi) is 4.38. The van der Waals surface area contributed by atoms with Crippen LogP contribution in [0.25, 0.3) is 22.6 Å². The Hall–Kier alpha value is -3.54. The summed E-state index contributed by atoms with van der Waals surface area (Å²) in [6, 6.07) is 20.3. The van der Waals surface area contributed by atoms with E-state index in [1.54, 1.807) is 24.3 Å². The van der Waals surface area contributed by atoms with Gasteiger partial charge in [0.2, 0.25) is 5.89 Å². The van der Waals surface area contributed by atoms with Crippen LogP contribution in [-0.2, 0) is 0 Å². The third kappa shape index (κ3) is 3.55. The van der Waals surface area contributed by atoms with E-state index < -0.39 is 0 Å². The molecule has 4 rings (SSSR count). The van der Waals surface area contributed by atoms with Crippen LogP contribution in [0.15, 0.2) is 71.1 Å². The van der Waals surface area contributed by atoms with Crippen LogP contribution in [0.2, 0.25) is 6.82 Å². The second kappa shape index (κ2) is 7.00. The number of nitrogens with zero attached hydrogens (tertiary/aromatic N) is 1. The highest BCUT2D eigenvalue weighted by atomic mass is 16.3. The molecule has 132 valence electrons. The molecule has 0 spiro atoms. The van der Waals surface area contributed by atoms with Gasteiger partial charge in [0, 0.05) is 22.5 Å². The molecule has 0 saturated heterocycles. The molecular formula is C21H18BN3O2. The average Bonchev–Trinajstić information content (AvgIpc) is 3.12. The fourth-order valence-electron chi connectivity index (χ4n) is 2.85. The maximum Gasteiger partial charge on any atom is 0.255 e. The summed E-state index contributed by atoms with van der Waals surface area (Å²) in [6.07, 6.45) is 0. The molecule has 5 nitrogen and oxygen atoms in total. The van der Waals surface area contributed by atoms with Crippen LogP contribution in [-0.4, -0.2) is 18.2 Å². The van der Waals surface area contributed by atoms with Crippen LogP contribution in [0, 0.1) is 0 Å². The zero-order valence-electron chi connectivity index (χ0n) is 14.9. The summed E-state index contributed by atoms with van der Waals surface area (Å²) in [5.41, 5.74) is 11.2. The highest BCUT2D eigenvalue weighted by Crippen LogP contribution is 2.25. The van der Waals surface area contributed by atoms with Crippen molar-refractivity contribution in [1.29, 1.82) is 0 Å². The number of nitrogens with two attached hydrogens (primary N) is 1. The number of nitrogens with one attached hydrogen (secondary N) is 1. The van der Waals surface area contributed by atoms with Gasteiger partial charge in [0.05, 0.1) is 0 Å². The van der Waals surface area contributed by atoms with E-state index in [1.807, 2.05) is 42.5 Å². The van der Waals surface area contributed by atoms with Crippen molar-refractivity contribution in [3.8, 4) is 11.5 Å². The van der Waals surface area contributed by atoms with Crippen LogP contribution in [0.5, 0.6) is 0 Å². The maximum absolute atomic E-state index is 12.3. The Balaban J connectivity index is 1.53. The Labute approximate surface area is 157 Å². The SMILES string of the molecule is CBc1ccc2oc(-c3ccc(NC(=O)c4ccc(N)cc4)cc3)nc2c1. The lowest BCUT2D eigenvalue weighted by Crippen LogP contribution is -2.11. The van der Waals surface area contributed by atoms with Gasteiger partial charge in [-0.25, -0.2) is 4.98 Å². The molecule has 27 heavy (non-hydrogen) atoms. The second-order valence-electron chi connectivity index (χ2n) is 6.33. The van der Waals surface area contributed by atoms with Gasteiger partial charge >= 0.3 is 0 Å². The number of oxazole rings is 1. The summed E-state index contributed by atoms with van der Waals surface area (Å²) in [7, 11) is 0.959. The summed E-state index contributed by atoms with van der Waals surface area (Å²) in [5, 5.41) is 2.87. The number of nitrogen functional groups attached to an aromatic ring is 1. The van der Waals surface area contributed by atoms with E-state index in [0.717, 1.165) is 23.9 Å². The van der Waals surface area contributed by atoms with Crippen LogP contribution in [0.4, 0.5) is 11.4 Å². The smallest absolute Gasteiger partial charge is 0.255 e. The van der Waals surface area contributed by atoms with E-state index in [-0.39, 0.29) is 5.91 Å². The number of fused-ring (bicyclic) bond motifs is 1. The highest BCUT2D eigenvalue weighted by molar-refractivity contribution is 6.52. The molecule has 0 aliphatic heterocycles. The van der Waals surface area contributed by atoms with E-state index >= 15 is 0 Å². The van der Waals surface area contributed by atoms with Gasteiger partial charge in [0.15, 0.2) is 12.9 Å². The number of hydrogen-bond donors (Lipinski definition) is 2. The van der Waals surface area contributed by atoms with Crippen molar-refractivity contribution in [3.63, 3.8) is 0 Å². The predicted molar refractivity (Wildman–Crippen MR) is 111 cm³/mol. The minimum Gasteiger partial charge on any atom is -0.436 e. The predicted octanol–water partition coefficient (Wildman–Crippen LogP) is 3.44. The number of aromatic nitrogens is 1. The summed E-state index contributed by atoms with van der Waals surface area (Å²) in [5.74, 6) is 0.381. The quantitative estimate of drug-likeness (QED) is 0.434. The Bertz CT molecular complexity index is 1100. The van der Waals surface area contributed by atoms with Gasteiger partial charge in [0.25, 0.3) is 5.91 Å². The van der Waals surface area contributed by atoms with Gasteiger partial charge in [-0.1, -0.05) is 18.4 Å². The molecule has 0 atom stereocenters. The van der Waals surface area contributed by atoms with Crippen LogP contribution < -0.4 is 16.5 Å². The highest BCUT2D eigenvalue weighted by Gasteiger charge is 2.10. The fraction of sp³-hybridized carbons (Fsp3) is 0.0476. The summed E-state index contributed by atoms with van der Waals surface area (Å²) in [6.45, 7) is 2.11. The number of amides is 1. The Morgan fingerprint density at radius 1 is 1.04 bits per heavy atom. The summed E-state index contributed by atoms with van der Waals surface area (Å²) < 4.78 is 5.84. The molecule has 0 saturated carbocycles. The van der Waals surface area contributed by atoms with Crippen molar-refractivity contribution in [1.82, 2.24) is 4.98 Å². The normalized spacial score (nSPS) is 10.7. The zero-order chi connectivity index (χ0) is 18.8. The van der Waals surface area contributed by atoms with Crippen LogP contribution >= 0.6 is 0 Å². The van der Waals surface area contributed by atoms with Crippen molar-refractivity contribution < 1.29 is 9.21 Å². The third-order valence-corrected chi connectivity index (χ3v) is 4.42. The molecule has 1 aromatic heterocycles. The monoisotopic (exact) mass is 355 g/mol. The standard InChI is InChI=1S/C21H18BN3O2/c1-22-15-6-11-19-18(12-15)25-21(27-19)14-4-9-17(10-5-14)24-20(26)13-2-7-16(23)8-3-13/h2-12,22H,23H2,1H3,(H,24,26). The molecule has 6 heteroatoms. The maximum atomic E-state index is 12.3. The molecule has 3 N–H and O–H groups in total. The Morgan fingerprint density at radius 3 is 2.48 bits per heavy atom. The molecule has 3 aromatic carbocycles. The largest absolute Gasteiger partial charge is 0.436 e. The minimum absolute atomic E-state index is 0.184. The van der Waals surface area contributed by atoms with Gasteiger partial charge in [-0.15, -0.1) is 0 Å². The first kappa shape index (κ1) is 16.9. The van der Waals surface area contributed by atoms with E-state index in [2.05, 4.69) is 17.1 Å². The number of carbonyl (C=O) groups excluding carboxylic acids is 1. The van der Waals surface area contributed by atoms with E-state index in [0.29, 0.717) is 22.8 Å².